The zero-order valence-corrected chi connectivity index (χ0v) is 17.6. The summed E-state index contributed by atoms with van der Waals surface area (Å²) in [7, 11) is 0. The second-order valence-corrected chi connectivity index (χ2v) is 8.97. The van der Waals surface area contributed by atoms with Gasteiger partial charge in [-0.25, -0.2) is 9.37 Å². The number of thiazole rings is 1. The maximum atomic E-state index is 13.9. The minimum atomic E-state index is -0.601. The number of hydrogen-bond donors (Lipinski definition) is 2. The molecule has 2 aromatic heterocycles. The first-order chi connectivity index (χ1) is 12.8. The Bertz CT molecular complexity index is 1020. The van der Waals surface area contributed by atoms with Crippen molar-refractivity contribution in [2.45, 2.75) is 20.4 Å². The molecule has 0 radical (unpaired) electrons. The lowest BCUT2D eigenvalue weighted by atomic mass is 10.2. The number of thiophene rings is 1. The van der Waals surface area contributed by atoms with Crippen LogP contribution in [0.15, 0.2) is 34.8 Å². The quantitative estimate of drug-likeness (QED) is 0.556. The van der Waals surface area contributed by atoms with Gasteiger partial charge in [-0.05, 0) is 37.3 Å². The molecule has 3 rings (SSSR count). The fourth-order valence-electron chi connectivity index (χ4n) is 2.33. The predicted octanol–water partition coefficient (Wildman–Crippen LogP) is 4.97. The number of carbonyl (C=O) groups is 2. The van der Waals surface area contributed by atoms with Crippen LogP contribution < -0.4 is 10.6 Å². The number of benzene rings is 1. The molecular weight excluding hydrogens is 453 g/mol. The van der Waals surface area contributed by atoms with Crippen molar-refractivity contribution in [3.05, 3.63) is 55.9 Å². The number of anilines is 1. The van der Waals surface area contributed by atoms with Gasteiger partial charge in [-0.1, -0.05) is 15.9 Å². The van der Waals surface area contributed by atoms with Gasteiger partial charge in [-0.15, -0.1) is 22.7 Å². The van der Waals surface area contributed by atoms with E-state index in [-0.39, 0.29) is 11.5 Å². The van der Waals surface area contributed by atoms with E-state index in [1.807, 2.05) is 19.1 Å². The Kier molecular flexibility index (Phi) is 6.03. The third kappa shape index (κ3) is 4.79. The van der Waals surface area contributed by atoms with E-state index in [0.717, 1.165) is 20.3 Å². The van der Waals surface area contributed by atoms with Gasteiger partial charge in [0.05, 0.1) is 22.7 Å². The predicted molar refractivity (Wildman–Crippen MR) is 110 cm³/mol. The molecule has 0 saturated carbocycles. The molecule has 0 aliphatic heterocycles. The second kappa shape index (κ2) is 8.28. The van der Waals surface area contributed by atoms with E-state index in [4.69, 9.17) is 0 Å². The average Bonchev–Trinajstić information content (AvgIpc) is 3.19. The number of rotatable bonds is 5. The van der Waals surface area contributed by atoms with Crippen molar-refractivity contribution in [3.63, 3.8) is 0 Å². The van der Waals surface area contributed by atoms with Gasteiger partial charge in [-0.3, -0.25) is 14.9 Å². The molecule has 2 amide bonds. The van der Waals surface area contributed by atoms with Crippen LogP contribution >= 0.6 is 38.6 Å². The van der Waals surface area contributed by atoms with Crippen LogP contribution in [0.1, 0.15) is 27.0 Å². The number of hydrogen-bond acceptors (Lipinski definition) is 5. The summed E-state index contributed by atoms with van der Waals surface area (Å²) in [5, 5.41) is 5.82. The smallest absolute Gasteiger partial charge is 0.260 e. The van der Waals surface area contributed by atoms with Crippen molar-refractivity contribution >= 4 is 55.5 Å². The van der Waals surface area contributed by atoms with Crippen LogP contribution in [0.5, 0.6) is 0 Å². The highest BCUT2D eigenvalue weighted by Gasteiger charge is 2.17. The molecule has 2 heterocycles. The van der Waals surface area contributed by atoms with Gasteiger partial charge < -0.3 is 5.32 Å². The van der Waals surface area contributed by atoms with Gasteiger partial charge in [0, 0.05) is 21.2 Å². The summed E-state index contributed by atoms with van der Waals surface area (Å²) in [6, 6.07) is 8.15. The lowest BCUT2D eigenvalue weighted by molar-refractivity contribution is -0.119. The molecule has 0 bridgehead atoms. The first-order valence-electron chi connectivity index (χ1n) is 7.91. The Labute approximate surface area is 171 Å². The third-order valence-electron chi connectivity index (χ3n) is 3.60. The summed E-state index contributed by atoms with van der Waals surface area (Å²) in [6.45, 7) is 3.86. The summed E-state index contributed by atoms with van der Waals surface area (Å²) < 4.78 is 14.5. The van der Waals surface area contributed by atoms with E-state index in [0.29, 0.717) is 16.1 Å². The maximum absolute atomic E-state index is 13.9. The Morgan fingerprint density at radius 1 is 1.22 bits per heavy atom. The molecule has 0 unspecified atom stereocenters. The highest BCUT2D eigenvalue weighted by Crippen LogP contribution is 2.35. The minimum absolute atomic E-state index is 0.0404. The van der Waals surface area contributed by atoms with Crippen molar-refractivity contribution in [1.82, 2.24) is 10.3 Å². The van der Waals surface area contributed by atoms with Gasteiger partial charge in [0.25, 0.3) is 5.91 Å². The SMILES string of the molecule is CC(=O)NCc1ccc(-c2nc(NC(=O)c3ccc(Br)cc3F)sc2C)s1. The molecule has 2 N–H and O–H groups in total. The first-order valence-corrected chi connectivity index (χ1v) is 10.3. The number of amides is 2. The van der Waals surface area contributed by atoms with Gasteiger partial charge in [0.2, 0.25) is 5.91 Å². The largest absolute Gasteiger partial charge is 0.351 e. The average molecular weight is 468 g/mol. The molecule has 0 aliphatic carbocycles. The van der Waals surface area contributed by atoms with E-state index in [2.05, 4.69) is 31.5 Å². The number of nitrogens with zero attached hydrogens (tertiary/aromatic N) is 1. The van der Waals surface area contributed by atoms with Gasteiger partial charge >= 0.3 is 0 Å². The zero-order chi connectivity index (χ0) is 19.6. The molecule has 140 valence electrons. The third-order valence-corrected chi connectivity index (χ3v) is 6.07. The van der Waals surface area contributed by atoms with Crippen molar-refractivity contribution < 1.29 is 14.0 Å². The van der Waals surface area contributed by atoms with Crippen LogP contribution in [0.2, 0.25) is 0 Å². The summed E-state index contributed by atoms with van der Waals surface area (Å²) in [4.78, 5) is 30.7. The molecule has 9 heteroatoms. The summed E-state index contributed by atoms with van der Waals surface area (Å²) >= 11 is 6.03. The molecule has 5 nitrogen and oxygen atoms in total. The molecule has 0 aliphatic rings. The highest BCUT2D eigenvalue weighted by atomic mass is 79.9. The van der Waals surface area contributed by atoms with Crippen LogP contribution in [-0.4, -0.2) is 16.8 Å². The fourth-order valence-corrected chi connectivity index (χ4v) is 4.54. The lowest BCUT2D eigenvalue weighted by Crippen LogP contribution is -2.17. The first kappa shape index (κ1) is 19.7. The molecule has 0 spiro atoms. The number of nitrogens with one attached hydrogen (secondary N) is 2. The number of aryl methyl sites for hydroxylation is 1. The molecule has 0 fully saturated rings. The zero-order valence-electron chi connectivity index (χ0n) is 14.4. The van der Waals surface area contributed by atoms with E-state index in [1.165, 1.54) is 41.7 Å². The molecule has 0 saturated heterocycles. The summed E-state index contributed by atoms with van der Waals surface area (Å²) in [6.07, 6.45) is 0. The lowest BCUT2D eigenvalue weighted by Gasteiger charge is -2.03. The molecular formula is C18H15BrFN3O2S2. The molecule has 3 aromatic rings. The van der Waals surface area contributed by atoms with Crippen molar-refractivity contribution in [2.75, 3.05) is 5.32 Å². The Morgan fingerprint density at radius 2 is 2.00 bits per heavy atom. The number of aromatic nitrogens is 1. The molecule has 27 heavy (non-hydrogen) atoms. The molecule has 1 aromatic carbocycles. The Morgan fingerprint density at radius 3 is 2.70 bits per heavy atom. The minimum Gasteiger partial charge on any atom is -0.351 e. The standard InChI is InChI=1S/C18H15BrFN3O2S2/c1-9-16(15-6-4-12(27-15)8-21-10(2)24)22-18(26-9)23-17(25)13-5-3-11(19)7-14(13)20/h3-7H,8H2,1-2H3,(H,21,24)(H,22,23,25). The highest BCUT2D eigenvalue weighted by molar-refractivity contribution is 9.10. The van der Waals surface area contributed by atoms with E-state index in [1.54, 1.807) is 6.07 Å². The van der Waals surface area contributed by atoms with Gasteiger partial charge in [0.1, 0.15) is 5.82 Å². The number of carbonyl (C=O) groups excluding carboxylic acids is 2. The van der Waals surface area contributed by atoms with Gasteiger partial charge in [-0.2, -0.15) is 0 Å². The normalized spacial score (nSPS) is 10.7. The van der Waals surface area contributed by atoms with Crippen LogP contribution in [0.4, 0.5) is 9.52 Å². The van der Waals surface area contributed by atoms with Crippen molar-refractivity contribution in [1.29, 1.82) is 0 Å². The molecule has 0 atom stereocenters. The van der Waals surface area contributed by atoms with Crippen LogP contribution in [-0.2, 0) is 11.3 Å². The maximum Gasteiger partial charge on any atom is 0.260 e. The number of halogens is 2. The second-order valence-electron chi connectivity index (χ2n) is 5.68. The van der Waals surface area contributed by atoms with E-state index in [9.17, 15) is 14.0 Å². The van der Waals surface area contributed by atoms with E-state index >= 15 is 0 Å². The Hall–Kier alpha value is -2.10. The van der Waals surface area contributed by atoms with Crippen LogP contribution in [0.25, 0.3) is 10.6 Å². The fraction of sp³-hybridized carbons (Fsp3) is 0.167. The van der Waals surface area contributed by atoms with Crippen LogP contribution in [0.3, 0.4) is 0 Å². The Balaban J connectivity index is 1.76. The van der Waals surface area contributed by atoms with Crippen molar-refractivity contribution in [3.8, 4) is 10.6 Å². The van der Waals surface area contributed by atoms with Gasteiger partial charge in [0.15, 0.2) is 5.13 Å². The summed E-state index contributed by atoms with van der Waals surface area (Å²) in [5.41, 5.74) is 0.729. The topological polar surface area (TPSA) is 71.1 Å². The van der Waals surface area contributed by atoms with E-state index < -0.39 is 11.7 Å². The van der Waals surface area contributed by atoms with Crippen LogP contribution in [0, 0.1) is 12.7 Å². The monoisotopic (exact) mass is 467 g/mol. The van der Waals surface area contributed by atoms with Crippen molar-refractivity contribution in [2.24, 2.45) is 0 Å². The summed E-state index contributed by atoms with van der Waals surface area (Å²) in [5.74, 6) is -1.23.